The van der Waals surface area contributed by atoms with Crippen LogP contribution in [0.4, 0.5) is 11.4 Å². The number of aryl methyl sites for hydroxylation is 2. The maximum Gasteiger partial charge on any atom is 0.272 e. The van der Waals surface area contributed by atoms with Crippen LogP contribution in [0.3, 0.4) is 0 Å². The van der Waals surface area contributed by atoms with E-state index < -0.39 is 17.1 Å². The van der Waals surface area contributed by atoms with Gasteiger partial charge in [-0.25, -0.2) is 0 Å². The van der Waals surface area contributed by atoms with E-state index in [1.807, 2.05) is 74.5 Å². The molecular weight excluding hydrogens is 570 g/mol. The van der Waals surface area contributed by atoms with Crippen molar-refractivity contribution in [3.63, 3.8) is 0 Å². The number of benzene rings is 4. The summed E-state index contributed by atoms with van der Waals surface area (Å²) in [6.45, 7) is 4.04. The van der Waals surface area contributed by atoms with Crippen molar-refractivity contribution in [2.24, 2.45) is 0 Å². The lowest BCUT2D eigenvalue weighted by Crippen LogP contribution is -2.30. The highest BCUT2D eigenvalue weighted by atomic mass is 32.2. The van der Waals surface area contributed by atoms with E-state index in [1.54, 1.807) is 54.6 Å². The van der Waals surface area contributed by atoms with Crippen LogP contribution in [0.2, 0.25) is 0 Å². The molecule has 0 saturated heterocycles. The SMILES string of the molecule is Cc1ccc(NC(=O)C(Sc2cccc(NC(=O)/C(=C/c3ccco3)NC(=O)c3ccccc3)c2)c2ccccc2)cc1C. The third-order valence-electron chi connectivity index (χ3n) is 6.82. The molecule has 1 atom stereocenters. The minimum Gasteiger partial charge on any atom is -0.465 e. The maximum atomic E-state index is 13.6. The molecule has 1 heterocycles. The van der Waals surface area contributed by atoms with Crippen molar-refractivity contribution in [1.29, 1.82) is 0 Å². The molecule has 4 aromatic carbocycles. The fraction of sp³-hybridized carbons (Fsp3) is 0.0833. The minimum absolute atomic E-state index is 0.0155. The predicted octanol–water partition coefficient (Wildman–Crippen LogP) is 7.78. The average Bonchev–Trinajstić information content (AvgIpc) is 3.55. The van der Waals surface area contributed by atoms with Gasteiger partial charge in [0.05, 0.1) is 6.26 Å². The molecule has 3 N–H and O–H groups in total. The topological polar surface area (TPSA) is 100 Å². The van der Waals surface area contributed by atoms with Crippen LogP contribution >= 0.6 is 11.8 Å². The van der Waals surface area contributed by atoms with Gasteiger partial charge in [0.1, 0.15) is 16.7 Å². The Balaban J connectivity index is 1.35. The Kier molecular flexibility index (Phi) is 9.74. The summed E-state index contributed by atoms with van der Waals surface area (Å²) in [5.41, 5.74) is 4.75. The largest absolute Gasteiger partial charge is 0.465 e. The van der Waals surface area contributed by atoms with Crippen LogP contribution in [0.25, 0.3) is 6.08 Å². The molecule has 5 aromatic rings. The maximum absolute atomic E-state index is 13.6. The van der Waals surface area contributed by atoms with Crippen molar-refractivity contribution in [3.8, 4) is 0 Å². The molecule has 0 aliphatic rings. The van der Waals surface area contributed by atoms with Gasteiger partial charge in [-0.05, 0) is 85.1 Å². The van der Waals surface area contributed by atoms with Crippen LogP contribution in [0.1, 0.15) is 38.1 Å². The molecule has 0 fully saturated rings. The third-order valence-corrected chi connectivity index (χ3v) is 8.07. The van der Waals surface area contributed by atoms with Crippen LogP contribution in [0.15, 0.2) is 137 Å². The Labute approximate surface area is 260 Å². The minimum atomic E-state index is -0.552. The van der Waals surface area contributed by atoms with Crippen molar-refractivity contribution >= 4 is 46.9 Å². The van der Waals surface area contributed by atoms with Crippen LogP contribution in [0, 0.1) is 13.8 Å². The highest BCUT2D eigenvalue weighted by Gasteiger charge is 2.23. The fourth-order valence-corrected chi connectivity index (χ4v) is 5.45. The second kappa shape index (κ2) is 14.2. The highest BCUT2D eigenvalue weighted by molar-refractivity contribution is 8.00. The van der Waals surface area contributed by atoms with E-state index in [-0.39, 0.29) is 11.6 Å². The number of anilines is 2. The van der Waals surface area contributed by atoms with E-state index in [1.165, 1.54) is 24.1 Å². The summed E-state index contributed by atoms with van der Waals surface area (Å²) in [5, 5.41) is 8.07. The number of thioether (sulfide) groups is 1. The van der Waals surface area contributed by atoms with Gasteiger partial charge in [-0.1, -0.05) is 60.7 Å². The standard InChI is InChI=1S/C36H31N3O4S/c1-24-18-19-29(21-25(24)2)38-36(42)33(26-11-5-3-6-12-26)44-31-17-9-15-28(22-31)37-35(41)32(23-30-16-10-20-43-30)39-34(40)27-13-7-4-8-14-27/h3-23,33H,1-2H3,(H,37,41)(H,38,42)(H,39,40)/b32-23-. The Morgan fingerprint density at radius 3 is 2.16 bits per heavy atom. The molecule has 0 bridgehead atoms. The van der Waals surface area contributed by atoms with E-state index in [2.05, 4.69) is 16.0 Å². The second-order valence-corrected chi connectivity index (χ2v) is 11.3. The van der Waals surface area contributed by atoms with Crippen molar-refractivity contribution in [2.45, 2.75) is 24.0 Å². The van der Waals surface area contributed by atoms with Gasteiger partial charge >= 0.3 is 0 Å². The lowest BCUT2D eigenvalue weighted by molar-refractivity contribution is -0.116. The molecule has 1 aromatic heterocycles. The van der Waals surface area contributed by atoms with Crippen molar-refractivity contribution in [1.82, 2.24) is 5.32 Å². The van der Waals surface area contributed by atoms with E-state index in [4.69, 9.17) is 4.42 Å². The van der Waals surface area contributed by atoms with Crippen molar-refractivity contribution in [2.75, 3.05) is 10.6 Å². The summed E-state index contributed by atoms with van der Waals surface area (Å²) < 4.78 is 5.38. The molecule has 44 heavy (non-hydrogen) atoms. The molecule has 220 valence electrons. The molecule has 0 aliphatic heterocycles. The van der Waals surface area contributed by atoms with Crippen LogP contribution in [0.5, 0.6) is 0 Å². The van der Waals surface area contributed by atoms with Gasteiger partial charge in [-0.2, -0.15) is 0 Å². The molecule has 3 amide bonds. The zero-order valence-corrected chi connectivity index (χ0v) is 25.1. The zero-order valence-electron chi connectivity index (χ0n) is 24.2. The zero-order chi connectivity index (χ0) is 30.9. The van der Waals surface area contributed by atoms with Crippen LogP contribution in [-0.2, 0) is 9.59 Å². The van der Waals surface area contributed by atoms with E-state index >= 15 is 0 Å². The molecule has 0 saturated carbocycles. The first kappa shape index (κ1) is 30.1. The Hall–Kier alpha value is -5.34. The van der Waals surface area contributed by atoms with Crippen LogP contribution < -0.4 is 16.0 Å². The first-order valence-corrected chi connectivity index (χ1v) is 14.9. The van der Waals surface area contributed by atoms with Gasteiger partial charge in [-0.15, -0.1) is 11.8 Å². The number of rotatable bonds is 10. The predicted molar refractivity (Wildman–Crippen MR) is 175 cm³/mol. The first-order chi connectivity index (χ1) is 21.4. The number of hydrogen-bond acceptors (Lipinski definition) is 5. The van der Waals surface area contributed by atoms with Gasteiger partial charge in [0.25, 0.3) is 11.8 Å². The summed E-state index contributed by atoms with van der Waals surface area (Å²) >= 11 is 1.38. The molecule has 0 spiro atoms. The third kappa shape index (κ3) is 7.93. The lowest BCUT2D eigenvalue weighted by atomic mass is 10.1. The molecule has 8 heteroatoms. The lowest BCUT2D eigenvalue weighted by Gasteiger charge is -2.18. The molecular formula is C36H31N3O4S. The van der Waals surface area contributed by atoms with Crippen molar-refractivity contribution < 1.29 is 18.8 Å². The molecule has 5 rings (SSSR count). The second-order valence-electron chi connectivity index (χ2n) is 10.1. The van der Waals surface area contributed by atoms with E-state index in [0.717, 1.165) is 27.3 Å². The monoisotopic (exact) mass is 601 g/mol. The molecule has 7 nitrogen and oxygen atoms in total. The van der Waals surface area contributed by atoms with Crippen molar-refractivity contribution in [3.05, 3.63) is 155 Å². The number of nitrogens with one attached hydrogen (secondary N) is 3. The average molecular weight is 602 g/mol. The van der Waals surface area contributed by atoms with E-state index in [9.17, 15) is 14.4 Å². The highest BCUT2D eigenvalue weighted by Crippen LogP contribution is 2.37. The van der Waals surface area contributed by atoms with Gasteiger partial charge in [0, 0.05) is 27.9 Å². The fourth-order valence-electron chi connectivity index (χ4n) is 4.37. The number of carbonyl (C=O) groups is 3. The normalized spacial score (nSPS) is 11.8. The summed E-state index contributed by atoms with van der Waals surface area (Å²) in [6.07, 6.45) is 2.96. The van der Waals surface area contributed by atoms with Gasteiger partial charge < -0.3 is 20.4 Å². The Morgan fingerprint density at radius 2 is 1.45 bits per heavy atom. The Bertz CT molecular complexity index is 1790. The number of amides is 3. The molecule has 1 unspecified atom stereocenters. The summed E-state index contributed by atoms with van der Waals surface area (Å²) in [6, 6.07) is 34.6. The number of hydrogen-bond donors (Lipinski definition) is 3. The summed E-state index contributed by atoms with van der Waals surface area (Å²) in [5.74, 6) is -0.706. The van der Waals surface area contributed by atoms with Gasteiger partial charge in [-0.3, -0.25) is 14.4 Å². The van der Waals surface area contributed by atoms with Crippen LogP contribution in [-0.4, -0.2) is 17.7 Å². The van der Waals surface area contributed by atoms with E-state index in [0.29, 0.717) is 17.0 Å². The van der Waals surface area contributed by atoms with Gasteiger partial charge in [0.15, 0.2) is 0 Å². The summed E-state index contributed by atoms with van der Waals surface area (Å²) in [7, 11) is 0. The van der Waals surface area contributed by atoms with Gasteiger partial charge in [0.2, 0.25) is 5.91 Å². The quantitative estimate of drug-likeness (QED) is 0.112. The molecule has 0 aliphatic carbocycles. The summed E-state index contributed by atoms with van der Waals surface area (Å²) in [4.78, 5) is 40.6. The molecule has 0 radical (unpaired) electrons. The first-order valence-electron chi connectivity index (χ1n) is 14.0. The number of carbonyl (C=O) groups excluding carboxylic acids is 3. The smallest absolute Gasteiger partial charge is 0.272 e. The number of furan rings is 1. The Morgan fingerprint density at radius 1 is 0.727 bits per heavy atom.